The number of hydrogen-bond acceptors (Lipinski definition) is 6. The van der Waals surface area contributed by atoms with E-state index >= 15 is 0 Å². The Morgan fingerprint density at radius 3 is 2.56 bits per heavy atom. The van der Waals surface area contributed by atoms with Crippen LogP contribution < -0.4 is 0 Å². The van der Waals surface area contributed by atoms with E-state index < -0.39 is 5.97 Å². The van der Waals surface area contributed by atoms with Gasteiger partial charge in [0.1, 0.15) is 5.69 Å². The van der Waals surface area contributed by atoms with Crippen molar-refractivity contribution in [3.63, 3.8) is 0 Å². The van der Waals surface area contributed by atoms with Crippen molar-refractivity contribution in [2.75, 3.05) is 13.7 Å². The number of aromatic nitrogens is 3. The zero-order valence-electron chi connectivity index (χ0n) is 19.0. The third kappa shape index (κ3) is 4.12. The van der Waals surface area contributed by atoms with E-state index in [1.807, 2.05) is 19.9 Å². The topological polar surface area (TPSA) is 95.6 Å². The summed E-state index contributed by atoms with van der Waals surface area (Å²) in [5, 5.41) is 16.0. The van der Waals surface area contributed by atoms with Crippen LogP contribution in [-0.4, -0.2) is 45.1 Å². The lowest BCUT2D eigenvalue weighted by molar-refractivity contribution is -0.141. The van der Waals surface area contributed by atoms with Crippen LogP contribution in [0.1, 0.15) is 47.7 Å². The third-order valence-corrected chi connectivity index (χ3v) is 5.91. The van der Waals surface area contributed by atoms with Crippen LogP contribution in [0.15, 0.2) is 12.1 Å². The molecule has 3 rings (SSSR count). The van der Waals surface area contributed by atoms with E-state index in [-0.39, 0.29) is 19.2 Å². The number of aryl methyl sites for hydroxylation is 4. The van der Waals surface area contributed by atoms with Crippen LogP contribution in [0.5, 0.6) is 0 Å². The molecule has 3 aromatic rings. The summed E-state index contributed by atoms with van der Waals surface area (Å²) in [5.74, 6) is -0.804. The highest BCUT2D eigenvalue weighted by Gasteiger charge is 2.27. The number of ether oxygens (including phenoxy) is 2. The van der Waals surface area contributed by atoms with Gasteiger partial charge in [-0.2, -0.15) is 5.10 Å². The van der Waals surface area contributed by atoms with E-state index in [2.05, 4.69) is 5.10 Å². The minimum absolute atomic E-state index is 0.194. The van der Waals surface area contributed by atoms with Gasteiger partial charge < -0.3 is 19.1 Å². The highest BCUT2D eigenvalue weighted by atomic mass is 35.5. The summed E-state index contributed by atoms with van der Waals surface area (Å²) in [5.41, 5.74) is 4.84. The SMILES string of the molecule is CCn1nc(C)c(-c2c(Cl)ccc3c(CCCOC(C)=O)c(C(=O)OC)n(C)c23)c1CO. The lowest BCUT2D eigenvalue weighted by Crippen LogP contribution is -2.11. The zero-order valence-corrected chi connectivity index (χ0v) is 19.7. The summed E-state index contributed by atoms with van der Waals surface area (Å²) in [6.45, 7) is 5.86. The van der Waals surface area contributed by atoms with Crippen LogP contribution >= 0.6 is 11.6 Å². The first-order valence-electron chi connectivity index (χ1n) is 10.5. The van der Waals surface area contributed by atoms with Gasteiger partial charge in [-0.25, -0.2) is 4.79 Å². The first kappa shape index (κ1) is 23.8. The highest BCUT2D eigenvalue weighted by molar-refractivity contribution is 6.35. The van der Waals surface area contributed by atoms with E-state index in [9.17, 15) is 14.7 Å². The largest absolute Gasteiger partial charge is 0.466 e. The summed E-state index contributed by atoms with van der Waals surface area (Å²) in [6.07, 6.45) is 1.06. The van der Waals surface area contributed by atoms with Gasteiger partial charge in [-0.15, -0.1) is 0 Å². The van der Waals surface area contributed by atoms with Crippen molar-refractivity contribution in [2.45, 2.75) is 46.8 Å². The van der Waals surface area contributed by atoms with Crippen LogP contribution in [0.25, 0.3) is 22.0 Å². The number of halogens is 1. The van der Waals surface area contributed by atoms with E-state index in [1.54, 1.807) is 22.4 Å². The van der Waals surface area contributed by atoms with Gasteiger partial charge in [0.2, 0.25) is 0 Å². The number of esters is 2. The van der Waals surface area contributed by atoms with Crippen molar-refractivity contribution in [3.8, 4) is 11.1 Å². The first-order chi connectivity index (χ1) is 15.3. The number of carbonyl (C=O) groups excluding carboxylic acids is 2. The van der Waals surface area contributed by atoms with Crippen LogP contribution in [0, 0.1) is 6.92 Å². The predicted molar refractivity (Wildman–Crippen MR) is 122 cm³/mol. The highest BCUT2D eigenvalue weighted by Crippen LogP contribution is 2.42. The molecule has 9 heteroatoms. The Bertz CT molecular complexity index is 1180. The molecule has 0 aliphatic rings. The van der Waals surface area contributed by atoms with E-state index in [4.69, 9.17) is 21.1 Å². The van der Waals surface area contributed by atoms with Gasteiger partial charge >= 0.3 is 11.9 Å². The molecule has 2 aromatic heterocycles. The minimum Gasteiger partial charge on any atom is -0.466 e. The van der Waals surface area contributed by atoms with Crippen molar-refractivity contribution in [2.24, 2.45) is 7.05 Å². The number of nitrogens with zero attached hydrogens (tertiary/aromatic N) is 3. The van der Waals surface area contributed by atoms with E-state index in [0.29, 0.717) is 41.4 Å². The second kappa shape index (κ2) is 9.75. The first-order valence-corrected chi connectivity index (χ1v) is 10.8. The molecule has 8 nitrogen and oxygen atoms in total. The second-order valence-corrected chi connectivity index (χ2v) is 7.93. The maximum atomic E-state index is 12.7. The van der Waals surface area contributed by atoms with Crippen LogP contribution in [-0.2, 0) is 40.9 Å². The molecule has 0 aliphatic heterocycles. The molecule has 0 spiro atoms. The number of rotatable bonds is 8. The number of carbonyl (C=O) groups is 2. The fraction of sp³-hybridized carbons (Fsp3) is 0.435. The Morgan fingerprint density at radius 2 is 1.97 bits per heavy atom. The number of fused-ring (bicyclic) bond motifs is 1. The zero-order chi connectivity index (χ0) is 23.6. The monoisotopic (exact) mass is 461 g/mol. The molecule has 0 fully saturated rings. The molecule has 1 aromatic carbocycles. The Morgan fingerprint density at radius 1 is 1.25 bits per heavy atom. The average Bonchev–Trinajstić information content (AvgIpc) is 3.24. The molecule has 0 radical (unpaired) electrons. The maximum Gasteiger partial charge on any atom is 0.354 e. The van der Waals surface area contributed by atoms with Gasteiger partial charge in [0.15, 0.2) is 0 Å². The molecule has 0 saturated heterocycles. The molecular formula is C23H28ClN3O5. The number of aliphatic hydroxyl groups excluding tert-OH is 1. The van der Waals surface area contributed by atoms with Gasteiger partial charge in [-0.3, -0.25) is 9.48 Å². The smallest absolute Gasteiger partial charge is 0.354 e. The van der Waals surface area contributed by atoms with Crippen molar-refractivity contribution in [1.29, 1.82) is 0 Å². The van der Waals surface area contributed by atoms with Gasteiger partial charge in [-0.1, -0.05) is 17.7 Å². The normalized spacial score (nSPS) is 11.2. The molecular weight excluding hydrogens is 434 g/mol. The van der Waals surface area contributed by atoms with Gasteiger partial charge in [0, 0.05) is 37.0 Å². The van der Waals surface area contributed by atoms with E-state index in [1.165, 1.54) is 14.0 Å². The molecule has 2 heterocycles. The van der Waals surface area contributed by atoms with Crippen molar-refractivity contribution in [3.05, 3.63) is 39.8 Å². The van der Waals surface area contributed by atoms with Crippen molar-refractivity contribution < 1.29 is 24.2 Å². The lowest BCUT2D eigenvalue weighted by Gasteiger charge is -2.12. The predicted octanol–water partition coefficient (Wildman–Crippen LogP) is 3.80. The maximum absolute atomic E-state index is 12.7. The minimum atomic E-state index is -0.461. The Hall–Kier alpha value is -2.84. The molecule has 32 heavy (non-hydrogen) atoms. The third-order valence-electron chi connectivity index (χ3n) is 5.60. The van der Waals surface area contributed by atoms with Crippen molar-refractivity contribution >= 4 is 34.4 Å². The molecule has 1 N–H and O–H groups in total. The summed E-state index contributed by atoms with van der Waals surface area (Å²) in [4.78, 5) is 23.8. The molecule has 0 bridgehead atoms. The average molecular weight is 462 g/mol. The summed E-state index contributed by atoms with van der Waals surface area (Å²) in [6, 6.07) is 3.67. The molecule has 0 unspecified atom stereocenters. The van der Waals surface area contributed by atoms with Crippen LogP contribution in [0.4, 0.5) is 0 Å². The molecule has 0 aliphatic carbocycles. The fourth-order valence-electron chi connectivity index (χ4n) is 4.29. The second-order valence-electron chi connectivity index (χ2n) is 7.52. The fourth-order valence-corrected chi connectivity index (χ4v) is 4.54. The van der Waals surface area contributed by atoms with Gasteiger partial charge in [0.25, 0.3) is 0 Å². The summed E-state index contributed by atoms with van der Waals surface area (Å²) < 4.78 is 13.7. The van der Waals surface area contributed by atoms with Gasteiger partial charge in [0.05, 0.1) is 42.3 Å². The summed E-state index contributed by atoms with van der Waals surface area (Å²) >= 11 is 6.69. The number of aliphatic hydroxyl groups is 1. The molecule has 172 valence electrons. The molecule has 0 atom stereocenters. The molecule has 0 saturated carbocycles. The van der Waals surface area contributed by atoms with Crippen molar-refractivity contribution in [1.82, 2.24) is 14.3 Å². The van der Waals surface area contributed by atoms with Gasteiger partial charge in [-0.05, 0) is 38.3 Å². The Labute approximate surface area is 191 Å². The Kier molecular flexibility index (Phi) is 7.26. The van der Waals surface area contributed by atoms with Crippen LogP contribution in [0.3, 0.4) is 0 Å². The number of benzene rings is 1. The number of hydrogen-bond donors (Lipinski definition) is 1. The Balaban J connectivity index is 2.29. The number of methoxy groups -OCH3 is 1. The molecule has 0 amide bonds. The summed E-state index contributed by atoms with van der Waals surface area (Å²) in [7, 11) is 3.14. The van der Waals surface area contributed by atoms with Crippen LogP contribution in [0.2, 0.25) is 5.02 Å². The quantitative estimate of drug-likeness (QED) is 0.405. The lowest BCUT2D eigenvalue weighted by atomic mass is 9.98. The van der Waals surface area contributed by atoms with E-state index in [0.717, 1.165) is 27.7 Å². The standard InChI is InChI=1S/C23H28ClN3O5/c1-6-27-18(12-28)19(13(2)25-27)20-17(24)10-9-16-15(8-7-11-32-14(3)29)22(23(30)31-5)26(4)21(16)20/h9-10,28H,6-8,11-12H2,1-5H3.